The van der Waals surface area contributed by atoms with E-state index in [0.717, 1.165) is 68.9 Å². The largest absolute Gasteiger partial charge is 0.370 e. The van der Waals surface area contributed by atoms with Crippen LogP contribution >= 0.6 is 0 Å². The second-order valence-electron chi connectivity index (χ2n) is 7.24. The predicted octanol–water partition coefficient (Wildman–Crippen LogP) is 2.49. The van der Waals surface area contributed by atoms with E-state index in [9.17, 15) is 14.9 Å². The lowest BCUT2D eigenvalue weighted by atomic mass is 10.1. The number of hydrogen-bond donors (Lipinski definition) is 1. The van der Waals surface area contributed by atoms with Crippen molar-refractivity contribution in [3.05, 3.63) is 28.3 Å². The summed E-state index contributed by atoms with van der Waals surface area (Å²) < 4.78 is 0. The lowest BCUT2D eigenvalue weighted by Gasteiger charge is -2.27. The maximum atomic E-state index is 12.6. The Bertz CT molecular complexity index is 647. The maximum Gasteiger partial charge on any atom is 0.234 e. The second kappa shape index (κ2) is 6.54. The molecule has 2 atom stereocenters. The van der Waals surface area contributed by atoms with Crippen molar-refractivity contribution in [3.63, 3.8) is 0 Å². The number of rotatable bonds is 5. The topological polar surface area (TPSA) is 78.7 Å². The number of amides is 1. The fourth-order valence-corrected chi connectivity index (χ4v) is 4.01. The number of anilines is 3. The normalized spacial score (nSPS) is 25.3. The highest BCUT2D eigenvalue weighted by Gasteiger charge is 2.53. The van der Waals surface area contributed by atoms with E-state index >= 15 is 0 Å². The van der Waals surface area contributed by atoms with Crippen molar-refractivity contribution in [2.24, 2.45) is 5.92 Å². The van der Waals surface area contributed by atoms with E-state index in [4.69, 9.17) is 0 Å². The van der Waals surface area contributed by atoms with Gasteiger partial charge in [0.2, 0.25) is 11.9 Å². The van der Waals surface area contributed by atoms with Crippen LogP contribution in [0.15, 0.2) is 18.2 Å². The third-order valence-corrected chi connectivity index (χ3v) is 5.53. The zero-order valence-electron chi connectivity index (χ0n) is 14.3. The number of para-hydroxylation sites is 1. The summed E-state index contributed by atoms with van der Waals surface area (Å²) in [6, 6.07) is 5.44. The van der Waals surface area contributed by atoms with Crippen LogP contribution in [0.5, 0.6) is 0 Å². The van der Waals surface area contributed by atoms with Crippen LogP contribution in [-0.4, -0.2) is 43.1 Å². The Morgan fingerprint density at radius 3 is 2.00 bits per heavy atom. The molecule has 7 nitrogen and oxygen atoms in total. The SMILES string of the molecule is O=C(Nc1c(N2CCCC2)cccc1N1CCCC1)[C@@H]1C[C@@H]1[N+](=O)[O-]. The molecule has 1 amide bonds. The third kappa shape index (κ3) is 3.15. The van der Waals surface area contributed by atoms with Gasteiger partial charge in [0.15, 0.2) is 0 Å². The van der Waals surface area contributed by atoms with E-state index in [2.05, 4.69) is 27.2 Å². The number of carbonyl (C=O) groups excluding carboxylic acids is 1. The number of nitro groups is 1. The Hall–Kier alpha value is -2.31. The molecular weight excluding hydrogens is 320 g/mol. The van der Waals surface area contributed by atoms with Crippen molar-refractivity contribution in [2.75, 3.05) is 41.3 Å². The Kier molecular flexibility index (Phi) is 4.23. The van der Waals surface area contributed by atoms with E-state index < -0.39 is 12.0 Å². The summed E-state index contributed by atoms with van der Waals surface area (Å²) in [5, 5.41) is 13.9. The van der Waals surface area contributed by atoms with Gasteiger partial charge in [0.1, 0.15) is 5.92 Å². The molecule has 1 saturated carbocycles. The van der Waals surface area contributed by atoms with E-state index in [1.807, 2.05) is 6.07 Å². The van der Waals surface area contributed by atoms with Gasteiger partial charge in [0, 0.05) is 37.5 Å². The predicted molar refractivity (Wildman–Crippen MR) is 96.9 cm³/mol. The molecule has 0 radical (unpaired) electrons. The van der Waals surface area contributed by atoms with Crippen LogP contribution in [0.1, 0.15) is 32.1 Å². The first-order valence-corrected chi connectivity index (χ1v) is 9.22. The summed E-state index contributed by atoms with van der Waals surface area (Å²) in [6.45, 7) is 3.97. The number of hydrogen-bond acceptors (Lipinski definition) is 5. The zero-order chi connectivity index (χ0) is 17.4. The molecule has 3 fully saturated rings. The lowest BCUT2D eigenvalue weighted by molar-refractivity contribution is -0.497. The molecule has 1 aliphatic carbocycles. The van der Waals surface area contributed by atoms with Gasteiger partial charge in [-0.1, -0.05) is 6.07 Å². The van der Waals surface area contributed by atoms with Gasteiger partial charge in [-0.25, -0.2) is 0 Å². The average molecular weight is 344 g/mol. The second-order valence-corrected chi connectivity index (χ2v) is 7.24. The van der Waals surface area contributed by atoms with Crippen molar-refractivity contribution in [1.82, 2.24) is 0 Å². The maximum absolute atomic E-state index is 12.6. The minimum absolute atomic E-state index is 0.214. The summed E-state index contributed by atoms with van der Waals surface area (Å²) in [7, 11) is 0. The van der Waals surface area contributed by atoms with E-state index in [1.54, 1.807) is 0 Å². The molecule has 0 spiro atoms. The molecule has 4 rings (SSSR count). The van der Waals surface area contributed by atoms with Crippen LogP contribution < -0.4 is 15.1 Å². The van der Waals surface area contributed by atoms with E-state index in [0.29, 0.717) is 6.42 Å². The Balaban J connectivity index is 1.62. The highest BCUT2D eigenvalue weighted by molar-refractivity contribution is 6.01. The van der Waals surface area contributed by atoms with Gasteiger partial charge >= 0.3 is 0 Å². The Morgan fingerprint density at radius 2 is 1.56 bits per heavy atom. The van der Waals surface area contributed by atoms with Gasteiger partial charge in [-0.15, -0.1) is 0 Å². The molecule has 3 aliphatic rings. The van der Waals surface area contributed by atoms with Crippen molar-refractivity contribution < 1.29 is 9.72 Å². The molecule has 2 aliphatic heterocycles. The zero-order valence-corrected chi connectivity index (χ0v) is 14.3. The summed E-state index contributed by atoms with van der Waals surface area (Å²) in [5.74, 6) is -0.707. The average Bonchev–Trinajstić information content (AvgIpc) is 3.00. The fourth-order valence-electron chi connectivity index (χ4n) is 4.01. The monoisotopic (exact) mass is 344 g/mol. The first-order chi connectivity index (χ1) is 12.1. The van der Waals surface area contributed by atoms with Crippen LogP contribution in [0, 0.1) is 16.0 Å². The molecule has 7 heteroatoms. The first-order valence-electron chi connectivity index (χ1n) is 9.22. The molecule has 1 aromatic carbocycles. The summed E-state index contributed by atoms with van der Waals surface area (Å²) in [5.41, 5.74) is 2.94. The third-order valence-electron chi connectivity index (χ3n) is 5.53. The summed E-state index contributed by atoms with van der Waals surface area (Å²) in [4.78, 5) is 27.8. The van der Waals surface area contributed by atoms with Gasteiger partial charge in [-0.3, -0.25) is 14.9 Å². The van der Waals surface area contributed by atoms with E-state index in [-0.39, 0.29) is 10.8 Å². The van der Waals surface area contributed by atoms with Crippen LogP contribution in [-0.2, 0) is 4.79 Å². The molecule has 2 heterocycles. The fraction of sp³-hybridized carbons (Fsp3) is 0.611. The van der Waals surface area contributed by atoms with Crippen molar-refractivity contribution in [3.8, 4) is 0 Å². The number of carbonyl (C=O) groups is 1. The smallest absolute Gasteiger partial charge is 0.234 e. The van der Waals surface area contributed by atoms with Gasteiger partial charge < -0.3 is 15.1 Å². The molecule has 2 saturated heterocycles. The van der Waals surface area contributed by atoms with Crippen molar-refractivity contribution >= 4 is 23.0 Å². The minimum atomic E-state index is -0.714. The molecular formula is C18H24N4O3. The molecule has 0 unspecified atom stereocenters. The highest BCUT2D eigenvalue weighted by atomic mass is 16.6. The van der Waals surface area contributed by atoms with Gasteiger partial charge in [-0.05, 0) is 37.8 Å². The van der Waals surface area contributed by atoms with Crippen molar-refractivity contribution in [2.45, 2.75) is 38.1 Å². The molecule has 0 bridgehead atoms. The Morgan fingerprint density at radius 1 is 1.04 bits per heavy atom. The van der Waals surface area contributed by atoms with Crippen LogP contribution in [0.3, 0.4) is 0 Å². The van der Waals surface area contributed by atoms with E-state index in [1.165, 1.54) is 0 Å². The number of nitrogens with zero attached hydrogens (tertiary/aromatic N) is 3. The molecule has 1 N–H and O–H groups in total. The first kappa shape index (κ1) is 16.2. The molecule has 25 heavy (non-hydrogen) atoms. The highest BCUT2D eigenvalue weighted by Crippen LogP contribution is 2.41. The summed E-state index contributed by atoms with van der Waals surface area (Å²) in [6.07, 6.45) is 4.99. The lowest BCUT2D eigenvalue weighted by Crippen LogP contribution is -2.26. The van der Waals surface area contributed by atoms with Gasteiger partial charge in [0.05, 0.1) is 17.1 Å². The number of nitrogens with one attached hydrogen (secondary N) is 1. The van der Waals surface area contributed by atoms with Crippen LogP contribution in [0.2, 0.25) is 0 Å². The molecule has 0 aromatic heterocycles. The Labute approximate surface area is 147 Å². The standard InChI is InChI=1S/C18H24N4O3/c23-18(13-12-16(13)22(24)25)19-17-14(20-8-1-2-9-20)6-5-7-15(17)21-10-3-4-11-21/h5-7,13,16H,1-4,8-12H2,(H,19,23)/t13-,16+/m1/s1. The van der Waals surface area contributed by atoms with Gasteiger partial charge in [-0.2, -0.15) is 0 Å². The number of benzene rings is 1. The van der Waals surface area contributed by atoms with Crippen molar-refractivity contribution in [1.29, 1.82) is 0 Å². The van der Waals surface area contributed by atoms with Crippen LogP contribution in [0.25, 0.3) is 0 Å². The molecule has 134 valence electrons. The molecule has 1 aromatic rings. The van der Waals surface area contributed by atoms with Crippen LogP contribution in [0.4, 0.5) is 17.1 Å². The quantitative estimate of drug-likeness (QED) is 0.656. The minimum Gasteiger partial charge on any atom is -0.370 e. The summed E-state index contributed by atoms with van der Waals surface area (Å²) >= 11 is 0. The van der Waals surface area contributed by atoms with Gasteiger partial charge in [0.25, 0.3) is 0 Å².